The van der Waals surface area contributed by atoms with Gasteiger partial charge in [0.05, 0.1) is 12.6 Å². The Kier molecular flexibility index (Phi) is 4.10. The summed E-state index contributed by atoms with van der Waals surface area (Å²) < 4.78 is 19.0. The van der Waals surface area contributed by atoms with Gasteiger partial charge in [-0.05, 0) is 38.9 Å². The fourth-order valence-electron chi connectivity index (χ4n) is 2.10. The molecule has 1 aromatic carbocycles. The zero-order valence-electron chi connectivity index (χ0n) is 12.0. The van der Waals surface area contributed by atoms with Crippen LogP contribution in [0.3, 0.4) is 0 Å². The molecule has 4 heteroatoms. The number of nitrogens with zero attached hydrogens (tertiary/aromatic N) is 1. The Hall–Kier alpha value is -1.55. The normalized spacial score (nSPS) is 11.7. The van der Waals surface area contributed by atoms with Crippen LogP contribution < -0.4 is 4.74 Å². The molecule has 2 aromatic rings. The number of rotatable bonds is 5. The van der Waals surface area contributed by atoms with Gasteiger partial charge in [-0.2, -0.15) is 0 Å². The van der Waals surface area contributed by atoms with Gasteiger partial charge in [0.15, 0.2) is 5.82 Å². The van der Waals surface area contributed by atoms with Crippen molar-refractivity contribution in [2.75, 3.05) is 20.7 Å². The smallest absolute Gasteiger partial charge is 0.150 e. The van der Waals surface area contributed by atoms with Crippen LogP contribution >= 0.6 is 0 Å². The lowest BCUT2D eigenvalue weighted by molar-refractivity contribution is 0.278. The van der Waals surface area contributed by atoms with Crippen molar-refractivity contribution in [2.24, 2.45) is 0 Å². The first kappa shape index (κ1) is 13.9. The molecule has 0 unspecified atom stereocenters. The molecule has 0 bridgehead atoms. The van der Waals surface area contributed by atoms with Gasteiger partial charge in [0.1, 0.15) is 5.75 Å². The van der Waals surface area contributed by atoms with Gasteiger partial charge >= 0.3 is 0 Å². The number of fused-ring (bicyclic) bond motifs is 1. The van der Waals surface area contributed by atoms with Crippen LogP contribution in [0.4, 0.5) is 4.39 Å². The summed E-state index contributed by atoms with van der Waals surface area (Å²) in [6.07, 6.45) is 2.78. The zero-order valence-corrected chi connectivity index (χ0v) is 12.0. The number of hydrogen-bond donors (Lipinski definition) is 1. The van der Waals surface area contributed by atoms with E-state index in [-0.39, 0.29) is 5.82 Å². The SMILES string of the molecule is COc1cc(F)c2[nH]cc(CCN(C)C(C)C)c2c1. The number of H-pyrrole nitrogens is 1. The highest BCUT2D eigenvalue weighted by Crippen LogP contribution is 2.27. The molecule has 0 fully saturated rings. The third kappa shape index (κ3) is 2.89. The first-order valence-corrected chi connectivity index (χ1v) is 6.56. The molecule has 3 nitrogen and oxygen atoms in total. The number of benzene rings is 1. The van der Waals surface area contributed by atoms with E-state index in [2.05, 4.69) is 30.8 Å². The molecule has 1 heterocycles. The molecule has 0 atom stereocenters. The van der Waals surface area contributed by atoms with Gasteiger partial charge in [0, 0.05) is 30.2 Å². The molecule has 2 rings (SSSR count). The van der Waals surface area contributed by atoms with E-state index in [0.717, 1.165) is 23.9 Å². The van der Waals surface area contributed by atoms with E-state index >= 15 is 0 Å². The van der Waals surface area contributed by atoms with Gasteiger partial charge in [-0.1, -0.05) is 0 Å². The Bertz CT molecular complexity index is 563. The third-order valence-electron chi connectivity index (χ3n) is 3.65. The Labute approximate surface area is 113 Å². The standard InChI is InChI=1S/C15H21FN2O/c1-10(2)18(3)6-5-11-9-17-15-13(11)7-12(19-4)8-14(15)16/h7-10,17H,5-6H2,1-4H3. The molecule has 1 N–H and O–H groups in total. The van der Waals surface area contributed by atoms with Crippen molar-refractivity contribution < 1.29 is 9.13 Å². The van der Waals surface area contributed by atoms with Crippen molar-refractivity contribution in [2.45, 2.75) is 26.3 Å². The van der Waals surface area contributed by atoms with Gasteiger partial charge in [-0.15, -0.1) is 0 Å². The summed E-state index contributed by atoms with van der Waals surface area (Å²) in [6, 6.07) is 3.80. The maximum absolute atomic E-state index is 13.9. The van der Waals surface area contributed by atoms with E-state index < -0.39 is 0 Å². The lowest BCUT2D eigenvalue weighted by atomic mass is 10.1. The Morgan fingerprint density at radius 1 is 1.37 bits per heavy atom. The zero-order chi connectivity index (χ0) is 14.0. The highest BCUT2D eigenvalue weighted by atomic mass is 19.1. The maximum Gasteiger partial charge on any atom is 0.150 e. The minimum Gasteiger partial charge on any atom is -0.497 e. The highest BCUT2D eigenvalue weighted by Gasteiger charge is 2.11. The maximum atomic E-state index is 13.9. The summed E-state index contributed by atoms with van der Waals surface area (Å²) >= 11 is 0. The number of aromatic nitrogens is 1. The number of aromatic amines is 1. The Morgan fingerprint density at radius 2 is 2.11 bits per heavy atom. The van der Waals surface area contributed by atoms with E-state index in [1.807, 2.05) is 12.3 Å². The van der Waals surface area contributed by atoms with Crippen molar-refractivity contribution in [3.63, 3.8) is 0 Å². The van der Waals surface area contributed by atoms with Crippen LogP contribution in [-0.4, -0.2) is 36.6 Å². The Morgan fingerprint density at radius 3 is 2.74 bits per heavy atom. The largest absolute Gasteiger partial charge is 0.497 e. The number of halogens is 1. The molecule has 0 aliphatic heterocycles. The van der Waals surface area contributed by atoms with E-state index in [1.54, 1.807) is 7.11 Å². The third-order valence-corrected chi connectivity index (χ3v) is 3.65. The predicted molar refractivity (Wildman–Crippen MR) is 76.3 cm³/mol. The lowest BCUT2D eigenvalue weighted by Gasteiger charge is -2.20. The summed E-state index contributed by atoms with van der Waals surface area (Å²) in [6.45, 7) is 5.28. The van der Waals surface area contributed by atoms with Crippen molar-refractivity contribution in [3.05, 3.63) is 29.7 Å². The summed E-state index contributed by atoms with van der Waals surface area (Å²) in [7, 11) is 3.65. The van der Waals surface area contributed by atoms with Crippen LogP contribution in [0, 0.1) is 5.82 Å². The van der Waals surface area contributed by atoms with Gasteiger partial charge in [0.2, 0.25) is 0 Å². The van der Waals surface area contributed by atoms with Gasteiger partial charge in [-0.3, -0.25) is 0 Å². The fourth-order valence-corrected chi connectivity index (χ4v) is 2.10. The predicted octanol–water partition coefficient (Wildman–Crippen LogP) is 3.20. The average Bonchev–Trinajstić information content (AvgIpc) is 2.79. The minimum atomic E-state index is -0.266. The number of methoxy groups -OCH3 is 1. The molecular weight excluding hydrogens is 243 g/mol. The molecule has 0 aliphatic carbocycles. The molecule has 0 saturated carbocycles. The van der Waals surface area contributed by atoms with Crippen LogP contribution in [-0.2, 0) is 6.42 Å². The summed E-state index contributed by atoms with van der Waals surface area (Å²) in [5.74, 6) is 0.292. The quantitative estimate of drug-likeness (QED) is 0.898. The highest BCUT2D eigenvalue weighted by molar-refractivity contribution is 5.85. The monoisotopic (exact) mass is 264 g/mol. The van der Waals surface area contributed by atoms with Crippen LogP contribution in [0.15, 0.2) is 18.3 Å². The molecule has 0 amide bonds. The first-order valence-electron chi connectivity index (χ1n) is 6.56. The molecular formula is C15H21FN2O. The number of nitrogens with one attached hydrogen (secondary N) is 1. The van der Waals surface area contributed by atoms with E-state index in [4.69, 9.17) is 4.74 Å². The molecule has 0 aliphatic rings. The van der Waals surface area contributed by atoms with Crippen LogP contribution in [0.2, 0.25) is 0 Å². The van der Waals surface area contributed by atoms with Gasteiger partial charge < -0.3 is 14.6 Å². The summed E-state index contributed by atoms with van der Waals surface area (Å²) in [5, 5.41) is 0.911. The molecule has 104 valence electrons. The van der Waals surface area contributed by atoms with Crippen molar-refractivity contribution >= 4 is 10.9 Å². The lowest BCUT2D eigenvalue weighted by Crippen LogP contribution is -2.28. The molecule has 0 saturated heterocycles. The summed E-state index contributed by atoms with van der Waals surface area (Å²) in [5.41, 5.74) is 1.68. The second-order valence-electron chi connectivity index (χ2n) is 5.17. The molecule has 0 spiro atoms. The van der Waals surface area contributed by atoms with E-state index in [9.17, 15) is 4.39 Å². The topological polar surface area (TPSA) is 28.3 Å². The number of likely N-dealkylation sites (N-methyl/N-ethyl adjacent to an activating group) is 1. The first-order chi connectivity index (χ1) is 9.02. The fraction of sp³-hybridized carbons (Fsp3) is 0.467. The van der Waals surface area contributed by atoms with Crippen LogP contribution in [0.1, 0.15) is 19.4 Å². The Balaban J connectivity index is 2.26. The van der Waals surface area contributed by atoms with Gasteiger partial charge in [0.25, 0.3) is 0 Å². The van der Waals surface area contributed by atoms with Crippen molar-refractivity contribution in [1.29, 1.82) is 0 Å². The van der Waals surface area contributed by atoms with Crippen molar-refractivity contribution in [3.8, 4) is 5.75 Å². The summed E-state index contributed by atoms with van der Waals surface area (Å²) in [4.78, 5) is 5.28. The van der Waals surface area contributed by atoms with Gasteiger partial charge in [-0.25, -0.2) is 4.39 Å². The van der Waals surface area contributed by atoms with E-state index in [0.29, 0.717) is 17.3 Å². The molecule has 0 radical (unpaired) electrons. The van der Waals surface area contributed by atoms with Crippen LogP contribution in [0.25, 0.3) is 10.9 Å². The van der Waals surface area contributed by atoms with Crippen LogP contribution in [0.5, 0.6) is 5.75 Å². The number of ether oxygens (including phenoxy) is 1. The minimum absolute atomic E-state index is 0.266. The van der Waals surface area contributed by atoms with Crippen molar-refractivity contribution in [1.82, 2.24) is 9.88 Å². The second kappa shape index (κ2) is 5.61. The average molecular weight is 264 g/mol. The molecule has 1 aromatic heterocycles. The number of hydrogen-bond acceptors (Lipinski definition) is 2. The second-order valence-corrected chi connectivity index (χ2v) is 5.17. The van der Waals surface area contributed by atoms with E-state index in [1.165, 1.54) is 6.07 Å². The molecule has 19 heavy (non-hydrogen) atoms.